The molecule has 0 aliphatic carbocycles. The number of aromatic nitrogens is 2. The van der Waals surface area contributed by atoms with Gasteiger partial charge in [0.25, 0.3) is 0 Å². The number of benzene rings is 1. The average molecular weight is 202 g/mol. The molecule has 2 aromatic rings. The van der Waals surface area contributed by atoms with Crippen molar-refractivity contribution in [2.24, 2.45) is 0 Å². The number of anilines is 2. The third-order valence-corrected chi connectivity index (χ3v) is 2.16. The molecule has 4 nitrogen and oxygen atoms in total. The predicted molar refractivity (Wildman–Crippen MR) is 62.7 cm³/mol. The van der Waals surface area contributed by atoms with Gasteiger partial charge in [-0.3, -0.25) is 0 Å². The van der Waals surface area contributed by atoms with E-state index in [-0.39, 0.29) is 0 Å². The monoisotopic (exact) mass is 202 g/mol. The molecule has 0 amide bonds. The second-order valence-electron chi connectivity index (χ2n) is 3.37. The highest BCUT2D eigenvalue weighted by Crippen LogP contribution is 2.20. The van der Waals surface area contributed by atoms with Crippen LogP contribution in [0.3, 0.4) is 0 Å². The third kappa shape index (κ3) is 1.98. The van der Waals surface area contributed by atoms with E-state index in [1.165, 1.54) is 0 Å². The Kier molecular flexibility index (Phi) is 2.67. The Morgan fingerprint density at radius 3 is 2.87 bits per heavy atom. The van der Waals surface area contributed by atoms with E-state index >= 15 is 0 Å². The van der Waals surface area contributed by atoms with Crippen LogP contribution in [0.1, 0.15) is 13.3 Å². The molecular formula is C11H14N4. The fourth-order valence-corrected chi connectivity index (χ4v) is 1.47. The van der Waals surface area contributed by atoms with Crippen LogP contribution in [0, 0.1) is 0 Å². The fourth-order valence-electron chi connectivity index (χ4n) is 1.47. The first kappa shape index (κ1) is 9.71. The lowest BCUT2D eigenvalue weighted by Crippen LogP contribution is -2.05. The van der Waals surface area contributed by atoms with Crippen molar-refractivity contribution >= 4 is 22.7 Å². The lowest BCUT2D eigenvalue weighted by atomic mass is 10.2. The highest BCUT2D eigenvalue weighted by molar-refractivity contribution is 5.89. The van der Waals surface area contributed by atoms with Crippen molar-refractivity contribution < 1.29 is 0 Å². The molecule has 1 heterocycles. The number of rotatable bonds is 3. The van der Waals surface area contributed by atoms with Gasteiger partial charge >= 0.3 is 0 Å². The first-order valence-corrected chi connectivity index (χ1v) is 5.07. The summed E-state index contributed by atoms with van der Waals surface area (Å²) in [5.74, 6) is 1.13. The lowest BCUT2D eigenvalue weighted by Gasteiger charge is -2.07. The van der Waals surface area contributed by atoms with Crippen LogP contribution >= 0.6 is 0 Å². The largest absolute Gasteiger partial charge is 0.369 e. The van der Waals surface area contributed by atoms with Gasteiger partial charge in [0.2, 0.25) is 5.95 Å². The minimum Gasteiger partial charge on any atom is -0.369 e. The van der Waals surface area contributed by atoms with Gasteiger partial charge in [0.1, 0.15) is 5.82 Å². The normalized spacial score (nSPS) is 10.5. The third-order valence-electron chi connectivity index (χ3n) is 2.16. The molecule has 0 bridgehead atoms. The molecule has 0 saturated heterocycles. The van der Waals surface area contributed by atoms with E-state index in [0.717, 1.165) is 29.7 Å². The molecule has 0 radical (unpaired) electrons. The Morgan fingerprint density at radius 1 is 1.27 bits per heavy atom. The molecule has 0 spiro atoms. The van der Waals surface area contributed by atoms with Crippen molar-refractivity contribution in [2.45, 2.75) is 13.3 Å². The number of nitrogen functional groups attached to an aromatic ring is 1. The lowest BCUT2D eigenvalue weighted by molar-refractivity contribution is 0.971. The van der Waals surface area contributed by atoms with Gasteiger partial charge in [-0.15, -0.1) is 0 Å². The standard InChI is InChI=1S/C11H14N4/c1-2-7-13-10-8-5-3-4-6-9(8)14-11(12)15-10/h3-6H,2,7H2,1H3,(H3,12,13,14,15). The van der Waals surface area contributed by atoms with E-state index in [1.54, 1.807) is 0 Å². The molecule has 0 aliphatic heterocycles. The molecule has 2 rings (SSSR count). The van der Waals surface area contributed by atoms with E-state index in [0.29, 0.717) is 5.95 Å². The van der Waals surface area contributed by atoms with Crippen LogP contribution in [0.15, 0.2) is 24.3 Å². The van der Waals surface area contributed by atoms with E-state index in [2.05, 4.69) is 22.2 Å². The summed E-state index contributed by atoms with van der Waals surface area (Å²) in [6.07, 6.45) is 1.05. The van der Waals surface area contributed by atoms with Gasteiger partial charge in [0.15, 0.2) is 0 Å². The first-order chi connectivity index (χ1) is 7.31. The van der Waals surface area contributed by atoms with Gasteiger partial charge in [-0.25, -0.2) is 4.98 Å². The van der Waals surface area contributed by atoms with Gasteiger partial charge in [0.05, 0.1) is 5.52 Å². The Bertz CT molecular complexity index is 467. The number of hydrogen-bond donors (Lipinski definition) is 2. The number of nitrogens with one attached hydrogen (secondary N) is 1. The van der Waals surface area contributed by atoms with Crippen LogP contribution in [0.2, 0.25) is 0 Å². The zero-order valence-electron chi connectivity index (χ0n) is 8.70. The molecule has 0 unspecified atom stereocenters. The second-order valence-corrected chi connectivity index (χ2v) is 3.37. The molecule has 15 heavy (non-hydrogen) atoms. The van der Waals surface area contributed by atoms with E-state index in [1.807, 2.05) is 24.3 Å². The van der Waals surface area contributed by atoms with Crippen molar-refractivity contribution in [3.05, 3.63) is 24.3 Å². The molecule has 3 N–H and O–H groups in total. The number of hydrogen-bond acceptors (Lipinski definition) is 4. The summed E-state index contributed by atoms with van der Waals surface area (Å²) in [5.41, 5.74) is 6.51. The van der Waals surface area contributed by atoms with Gasteiger partial charge in [-0.05, 0) is 18.6 Å². The summed E-state index contributed by atoms with van der Waals surface area (Å²) < 4.78 is 0. The number of nitrogens with zero attached hydrogens (tertiary/aromatic N) is 2. The van der Waals surface area contributed by atoms with E-state index in [4.69, 9.17) is 5.73 Å². The van der Waals surface area contributed by atoms with Gasteiger partial charge < -0.3 is 11.1 Å². The molecule has 78 valence electrons. The second kappa shape index (κ2) is 4.13. The molecule has 0 aliphatic rings. The summed E-state index contributed by atoms with van der Waals surface area (Å²) in [6, 6.07) is 7.84. The summed E-state index contributed by atoms with van der Waals surface area (Å²) in [6.45, 7) is 3.00. The Labute approximate surface area is 88.5 Å². The number of nitrogens with two attached hydrogens (primary N) is 1. The maximum absolute atomic E-state index is 5.63. The van der Waals surface area contributed by atoms with E-state index in [9.17, 15) is 0 Å². The summed E-state index contributed by atoms with van der Waals surface area (Å²) >= 11 is 0. The van der Waals surface area contributed by atoms with Gasteiger partial charge in [-0.1, -0.05) is 19.1 Å². The zero-order chi connectivity index (χ0) is 10.7. The van der Waals surface area contributed by atoms with E-state index < -0.39 is 0 Å². The molecule has 4 heteroatoms. The Balaban J connectivity index is 2.50. The van der Waals surface area contributed by atoms with Gasteiger partial charge in [0, 0.05) is 11.9 Å². The van der Waals surface area contributed by atoms with Crippen molar-refractivity contribution in [3.8, 4) is 0 Å². The fraction of sp³-hybridized carbons (Fsp3) is 0.273. The number of fused-ring (bicyclic) bond motifs is 1. The molecule has 0 fully saturated rings. The van der Waals surface area contributed by atoms with Crippen molar-refractivity contribution in [3.63, 3.8) is 0 Å². The van der Waals surface area contributed by atoms with Gasteiger partial charge in [-0.2, -0.15) is 4.98 Å². The maximum atomic E-state index is 5.63. The quantitative estimate of drug-likeness (QED) is 0.799. The minimum atomic E-state index is 0.312. The Morgan fingerprint density at radius 2 is 2.07 bits per heavy atom. The highest BCUT2D eigenvalue weighted by Gasteiger charge is 2.03. The smallest absolute Gasteiger partial charge is 0.222 e. The topological polar surface area (TPSA) is 63.8 Å². The SMILES string of the molecule is CCCNc1nc(N)nc2ccccc12. The summed E-state index contributed by atoms with van der Waals surface area (Å²) in [4.78, 5) is 8.37. The van der Waals surface area contributed by atoms with Crippen LogP contribution in [-0.2, 0) is 0 Å². The number of para-hydroxylation sites is 1. The minimum absolute atomic E-state index is 0.312. The summed E-state index contributed by atoms with van der Waals surface area (Å²) in [7, 11) is 0. The molecule has 0 saturated carbocycles. The van der Waals surface area contributed by atoms with Crippen LogP contribution in [0.5, 0.6) is 0 Å². The summed E-state index contributed by atoms with van der Waals surface area (Å²) in [5, 5.41) is 4.26. The van der Waals surface area contributed by atoms with Crippen LogP contribution in [0.4, 0.5) is 11.8 Å². The van der Waals surface area contributed by atoms with Crippen molar-refractivity contribution in [2.75, 3.05) is 17.6 Å². The molecule has 1 aromatic carbocycles. The Hall–Kier alpha value is -1.84. The first-order valence-electron chi connectivity index (χ1n) is 5.07. The predicted octanol–water partition coefficient (Wildman–Crippen LogP) is 2.03. The van der Waals surface area contributed by atoms with Crippen LogP contribution in [0.25, 0.3) is 10.9 Å². The maximum Gasteiger partial charge on any atom is 0.222 e. The molecular weight excluding hydrogens is 188 g/mol. The molecule has 1 aromatic heterocycles. The highest BCUT2D eigenvalue weighted by atomic mass is 15.1. The zero-order valence-corrected chi connectivity index (χ0v) is 8.70. The van der Waals surface area contributed by atoms with Crippen molar-refractivity contribution in [1.29, 1.82) is 0 Å². The van der Waals surface area contributed by atoms with Crippen LogP contribution < -0.4 is 11.1 Å². The van der Waals surface area contributed by atoms with Crippen LogP contribution in [-0.4, -0.2) is 16.5 Å². The average Bonchev–Trinajstić information content (AvgIpc) is 2.25. The van der Waals surface area contributed by atoms with Crippen molar-refractivity contribution in [1.82, 2.24) is 9.97 Å². The molecule has 0 atom stereocenters.